The van der Waals surface area contributed by atoms with Crippen LogP contribution < -0.4 is 10.6 Å². The molecular weight excluding hydrogens is 515 g/mol. The Morgan fingerprint density at radius 1 is 1.12 bits per heavy atom. The number of hydrogen-bond donors (Lipinski definition) is 3. The van der Waals surface area contributed by atoms with Crippen LogP contribution in [0.4, 0.5) is 5.69 Å². The number of benzene rings is 2. The highest BCUT2D eigenvalue weighted by Gasteiger charge is 2.10. The number of carbonyl (C=O) groups excluding carboxylic acids is 1. The van der Waals surface area contributed by atoms with Crippen molar-refractivity contribution in [3.8, 4) is 11.3 Å². The lowest BCUT2D eigenvalue weighted by Gasteiger charge is -2.21. The number of nitrogens with one attached hydrogen (secondary N) is 3. The standard InChI is InChI=1S/C24H30N6O.HI/c1-17(2)23(31)28-20-12-10-18(11-13-20)14-27-24(25-3)30(4)16-22-26-15-21(29-22)19-8-6-5-7-9-19;/h5-13,15,17H,14,16H2,1-4H3,(H,25,27)(H,26,29)(H,28,31);1H. The second-order valence-corrected chi connectivity index (χ2v) is 7.71. The number of aliphatic imine (C=N–C) groups is 1. The molecule has 3 aromatic rings. The summed E-state index contributed by atoms with van der Waals surface area (Å²) in [6.07, 6.45) is 1.86. The minimum atomic E-state index is -0.0434. The minimum Gasteiger partial charge on any atom is -0.352 e. The molecule has 0 saturated carbocycles. The number of anilines is 1. The molecule has 1 aromatic heterocycles. The molecule has 0 radical (unpaired) electrons. The van der Waals surface area contributed by atoms with Gasteiger partial charge in [-0.1, -0.05) is 56.3 Å². The quantitative estimate of drug-likeness (QED) is 0.232. The number of nitrogens with zero attached hydrogens (tertiary/aromatic N) is 3. The average molecular weight is 546 g/mol. The van der Waals surface area contributed by atoms with Gasteiger partial charge in [-0.3, -0.25) is 9.79 Å². The Kier molecular flexibility index (Phi) is 9.70. The van der Waals surface area contributed by atoms with Crippen LogP contribution in [0.5, 0.6) is 0 Å². The van der Waals surface area contributed by atoms with E-state index in [0.29, 0.717) is 13.1 Å². The topological polar surface area (TPSA) is 85.4 Å². The van der Waals surface area contributed by atoms with E-state index < -0.39 is 0 Å². The Balaban J connectivity index is 0.00000363. The number of carbonyl (C=O) groups is 1. The molecule has 170 valence electrons. The van der Waals surface area contributed by atoms with Crippen LogP contribution in [0.1, 0.15) is 25.2 Å². The van der Waals surface area contributed by atoms with Crippen LogP contribution in [-0.4, -0.2) is 40.8 Å². The summed E-state index contributed by atoms with van der Waals surface area (Å²) in [5.41, 5.74) is 4.01. The van der Waals surface area contributed by atoms with Gasteiger partial charge >= 0.3 is 0 Å². The zero-order chi connectivity index (χ0) is 22.2. The predicted octanol–water partition coefficient (Wildman–Crippen LogP) is 4.50. The van der Waals surface area contributed by atoms with Crippen LogP contribution in [0.3, 0.4) is 0 Å². The van der Waals surface area contributed by atoms with Crippen LogP contribution >= 0.6 is 24.0 Å². The Morgan fingerprint density at radius 3 is 2.44 bits per heavy atom. The second-order valence-electron chi connectivity index (χ2n) is 7.71. The van der Waals surface area contributed by atoms with E-state index in [9.17, 15) is 4.79 Å². The number of rotatable bonds is 7. The fourth-order valence-electron chi connectivity index (χ4n) is 3.07. The first kappa shape index (κ1) is 25.4. The second kappa shape index (κ2) is 12.2. The summed E-state index contributed by atoms with van der Waals surface area (Å²) in [5, 5.41) is 6.27. The molecule has 0 unspecified atom stereocenters. The lowest BCUT2D eigenvalue weighted by molar-refractivity contribution is -0.118. The zero-order valence-corrected chi connectivity index (χ0v) is 21.3. The molecule has 7 nitrogen and oxygen atoms in total. The van der Waals surface area contributed by atoms with E-state index in [1.807, 2.05) is 74.5 Å². The molecule has 8 heteroatoms. The summed E-state index contributed by atoms with van der Waals surface area (Å²) >= 11 is 0. The van der Waals surface area contributed by atoms with Crippen molar-refractivity contribution in [2.75, 3.05) is 19.4 Å². The van der Waals surface area contributed by atoms with E-state index in [-0.39, 0.29) is 35.8 Å². The fraction of sp³-hybridized carbons (Fsp3) is 0.292. The van der Waals surface area contributed by atoms with Gasteiger partial charge in [0.05, 0.1) is 18.4 Å². The van der Waals surface area contributed by atoms with Crippen LogP contribution in [0.15, 0.2) is 65.8 Å². The first-order valence-electron chi connectivity index (χ1n) is 10.4. The first-order valence-corrected chi connectivity index (χ1v) is 10.4. The molecule has 0 aliphatic carbocycles. The number of aromatic nitrogens is 2. The average Bonchev–Trinajstić information content (AvgIpc) is 3.24. The number of halogens is 1. The highest BCUT2D eigenvalue weighted by Crippen LogP contribution is 2.16. The molecular formula is C24H31IN6O. The van der Waals surface area contributed by atoms with Gasteiger partial charge in [-0.05, 0) is 23.3 Å². The molecule has 3 rings (SSSR count). The lowest BCUT2D eigenvalue weighted by atomic mass is 10.1. The van der Waals surface area contributed by atoms with Gasteiger partial charge < -0.3 is 20.5 Å². The maximum atomic E-state index is 11.8. The Morgan fingerprint density at radius 2 is 1.81 bits per heavy atom. The van der Waals surface area contributed by atoms with Gasteiger partial charge in [0.1, 0.15) is 5.82 Å². The van der Waals surface area contributed by atoms with Crippen molar-refractivity contribution < 1.29 is 4.79 Å². The Hall–Kier alpha value is -2.88. The molecule has 32 heavy (non-hydrogen) atoms. The fourth-order valence-corrected chi connectivity index (χ4v) is 3.07. The maximum absolute atomic E-state index is 11.8. The third kappa shape index (κ3) is 7.08. The van der Waals surface area contributed by atoms with Gasteiger partial charge in [-0.25, -0.2) is 4.98 Å². The highest BCUT2D eigenvalue weighted by atomic mass is 127. The molecule has 2 aromatic carbocycles. The van der Waals surface area contributed by atoms with E-state index in [1.165, 1.54) is 0 Å². The van der Waals surface area contributed by atoms with E-state index in [2.05, 4.69) is 37.7 Å². The SMILES string of the molecule is CN=C(NCc1ccc(NC(=O)C(C)C)cc1)N(C)Cc1ncc(-c2ccccc2)[nH]1.I. The van der Waals surface area contributed by atoms with Gasteiger partial charge in [0.2, 0.25) is 5.91 Å². The molecule has 0 atom stereocenters. The zero-order valence-electron chi connectivity index (χ0n) is 18.9. The summed E-state index contributed by atoms with van der Waals surface area (Å²) in [4.78, 5) is 26.1. The van der Waals surface area contributed by atoms with Gasteiger partial charge in [-0.15, -0.1) is 24.0 Å². The van der Waals surface area contributed by atoms with E-state index in [1.54, 1.807) is 7.05 Å². The summed E-state index contributed by atoms with van der Waals surface area (Å²) in [5.74, 6) is 1.61. The van der Waals surface area contributed by atoms with Crippen molar-refractivity contribution in [3.05, 3.63) is 72.2 Å². The molecule has 3 N–H and O–H groups in total. The van der Waals surface area contributed by atoms with Crippen molar-refractivity contribution in [2.45, 2.75) is 26.9 Å². The largest absolute Gasteiger partial charge is 0.352 e. The third-order valence-electron chi connectivity index (χ3n) is 4.87. The van der Waals surface area contributed by atoms with Crippen molar-refractivity contribution in [1.29, 1.82) is 0 Å². The number of aromatic amines is 1. The molecule has 1 amide bonds. The Labute approximate surface area is 206 Å². The molecule has 0 saturated heterocycles. The molecule has 0 fully saturated rings. The van der Waals surface area contributed by atoms with Crippen molar-refractivity contribution in [3.63, 3.8) is 0 Å². The van der Waals surface area contributed by atoms with E-state index in [4.69, 9.17) is 0 Å². The normalized spacial score (nSPS) is 11.1. The number of imidazole rings is 1. The van der Waals surface area contributed by atoms with Gasteiger partial charge in [0.25, 0.3) is 0 Å². The lowest BCUT2D eigenvalue weighted by Crippen LogP contribution is -2.38. The van der Waals surface area contributed by atoms with Crippen LogP contribution in [0.25, 0.3) is 11.3 Å². The number of guanidine groups is 1. The van der Waals surface area contributed by atoms with Gasteiger partial charge in [-0.2, -0.15) is 0 Å². The van der Waals surface area contributed by atoms with Crippen LogP contribution in [0, 0.1) is 5.92 Å². The monoisotopic (exact) mass is 546 g/mol. The molecule has 1 heterocycles. The molecule has 0 bridgehead atoms. The molecule has 0 aliphatic rings. The van der Waals surface area contributed by atoms with Crippen molar-refractivity contribution in [1.82, 2.24) is 20.2 Å². The number of H-pyrrole nitrogens is 1. The van der Waals surface area contributed by atoms with E-state index in [0.717, 1.165) is 34.3 Å². The maximum Gasteiger partial charge on any atom is 0.226 e. The summed E-state index contributed by atoms with van der Waals surface area (Å²) in [7, 11) is 3.74. The number of hydrogen-bond acceptors (Lipinski definition) is 3. The van der Waals surface area contributed by atoms with Crippen molar-refractivity contribution in [2.24, 2.45) is 10.9 Å². The summed E-state index contributed by atoms with van der Waals surface area (Å²) < 4.78 is 0. The Bertz CT molecular complexity index is 1010. The highest BCUT2D eigenvalue weighted by molar-refractivity contribution is 14.0. The third-order valence-corrected chi connectivity index (χ3v) is 4.87. The van der Waals surface area contributed by atoms with Gasteiger partial charge in [0.15, 0.2) is 5.96 Å². The van der Waals surface area contributed by atoms with Crippen molar-refractivity contribution >= 4 is 41.5 Å². The predicted molar refractivity (Wildman–Crippen MR) is 141 cm³/mol. The minimum absolute atomic E-state index is 0. The molecule has 0 aliphatic heterocycles. The van der Waals surface area contributed by atoms with Gasteiger partial charge in [0, 0.05) is 32.2 Å². The first-order chi connectivity index (χ1) is 15.0. The number of amides is 1. The van der Waals surface area contributed by atoms with Crippen LogP contribution in [0.2, 0.25) is 0 Å². The smallest absolute Gasteiger partial charge is 0.226 e. The van der Waals surface area contributed by atoms with E-state index >= 15 is 0 Å². The van der Waals surface area contributed by atoms with Crippen LogP contribution in [-0.2, 0) is 17.9 Å². The summed E-state index contributed by atoms with van der Waals surface area (Å²) in [6, 6.07) is 18.0. The summed E-state index contributed by atoms with van der Waals surface area (Å²) in [6.45, 7) is 4.98. The molecule has 0 spiro atoms.